The molecule has 0 radical (unpaired) electrons. The van der Waals surface area contributed by atoms with E-state index in [0.717, 1.165) is 0 Å². The minimum atomic E-state index is -0.465. The van der Waals surface area contributed by atoms with E-state index in [1.165, 1.54) is 19.2 Å². The molecular weight excluding hydrogens is 391 g/mol. The summed E-state index contributed by atoms with van der Waals surface area (Å²) in [5, 5.41) is 7.18. The molecule has 0 aliphatic heterocycles. The molecule has 2 heterocycles. The van der Waals surface area contributed by atoms with E-state index in [2.05, 4.69) is 10.4 Å². The SMILES string of the molecule is COC(=O)c1cc(CN(C)CC(=O)Nc2cc(C)nn2-c2ccc(F)cc2)oc1C. The molecule has 2 aromatic heterocycles. The van der Waals surface area contributed by atoms with Gasteiger partial charge in [0.05, 0.1) is 31.6 Å². The number of nitrogens with one attached hydrogen (secondary N) is 1. The molecule has 0 atom stereocenters. The van der Waals surface area contributed by atoms with Crippen LogP contribution in [-0.2, 0) is 16.1 Å². The van der Waals surface area contributed by atoms with E-state index < -0.39 is 5.97 Å². The lowest BCUT2D eigenvalue weighted by molar-refractivity contribution is -0.117. The van der Waals surface area contributed by atoms with Crippen LogP contribution in [0, 0.1) is 19.7 Å². The Morgan fingerprint density at radius 3 is 2.60 bits per heavy atom. The number of hydrogen-bond acceptors (Lipinski definition) is 6. The fraction of sp³-hybridized carbons (Fsp3) is 0.286. The molecule has 158 valence electrons. The molecule has 3 aromatic rings. The van der Waals surface area contributed by atoms with Crippen molar-refractivity contribution in [1.82, 2.24) is 14.7 Å². The smallest absolute Gasteiger partial charge is 0.341 e. The van der Waals surface area contributed by atoms with Gasteiger partial charge in [-0.2, -0.15) is 5.10 Å². The molecule has 3 rings (SSSR count). The number of halogens is 1. The Bertz CT molecular complexity index is 1060. The van der Waals surface area contributed by atoms with Crippen LogP contribution in [0.4, 0.5) is 10.2 Å². The minimum Gasteiger partial charge on any atom is -0.465 e. The number of anilines is 1. The second-order valence-electron chi connectivity index (χ2n) is 6.95. The van der Waals surface area contributed by atoms with Gasteiger partial charge in [-0.3, -0.25) is 9.69 Å². The van der Waals surface area contributed by atoms with Crippen molar-refractivity contribution in [3.63, 3.8) is 0 Å². The maximum absolute atomic E-state index is 13.2. The second-order valence-corrected chi connectivity index (χ2v) is 6.95. The molecular formula is C21H23FN4O4. The van der Waals surface area contributed by atoms with E-state index in [1.54, 1.807) is 54.7 Å². The lowest BCUT2D eigenvalue weighted by Gasteiger charge is -2.15. The average molecular weight is 414 g/mol. The van der Waals surface area contributed by atoms with E-state index >= 15 is 0 Å². The maximum atomic E-state index is 13.2. The van der Waals surface area contributed by atoms with Gasteiger partial charge in [0, 0.05) is 6.07 Å². The summed E-state index contributed by atoms with van der Waals surface area (Å²) >= 11 is 0. The normalized spacial score (nSPS) is 11.0. The molecule has 30 heavy (non-hydrogen) atoms. The number of nitrogens with zero attached hydrogens (tertiary/aromatic N) is 3. The van der Waals surface area contributed by atoms with Crippen molar-refractivity contribution in [2.24, 2.45) is 0 Å². The Labute approximate surface area is 173 Å². The number of likely N-dealkylation sites (N-methyl/N-ethyl adjacent to an activating group) is 1. The summed E-state index contributed by atoms with van der Waals surface area (Å²) in [5.41, 5.74) is 1.71. The highest BCUT2D eigenvalue weighted by Gasteiger charge is 2.18. The third-order valence-electron chi connectivity index (χ3n) is 4.38. The maximum Gasteiger partial charge on any atom is 0.341 e. The molecule has 0 unspecified atom stereocenters. The van der Waals surface area contributed by atoms with Crippen molar-refractivity contribution in [3.8, 4) is 5.69 Å². The first-order valence-corrected chi connectivity index (χ1v) is 9.25. The van der Waals surface area contributed by atoms with Gasteiger partial charge in [0.1, 0.15) is 28.7 Å². The number of amides is 1. The highest BCUT2D eigenvalue weighted by atomic mass is 19.1. The van der Waals surface area contributed by atoms with Crippen molar-refractivity contribution in [2.45, 2.75) is 20.4 Å². The number of carbonyl (C=O) groups excluding carboxylic acids is 2. The van der Waals surface area contributed by atoms with Crippen LogP contribution in [0.2, 0.25) is 0 Å². The van der Waals surface area contributed by atoms with Gasteiger partial charge in [-0.1, -0.05) is 0 Å². The minimum absolute atomic E-state index is 0.0843. The van der Waals surface area contributed by atoms with E-state index in [1.807, 2.05) is 0 Å². The summed E-state index contributed by atoms with van der Waals surface area (Å²) in [6.07, 6.45) is 0. The van der Waals surface area contributed by atoms with Gasteiger partial charge in [-0.15, -0.1) is 0 Å². The van der Waals surface area contributed by atoms with Gasteiger partial charge in [0.25, 0.3) is 0 Å². The van der Waals surface area contributed by atoms with Crippen molar-refractivity contribution >= 4 is 17.7 Å². The fourth-order valence-electron chi connectivity index (χ4n) is 3.05. The molecule has 1 N–H and O–H groups in total. The van der Waals surface area contributed by atoms with E-state index in [-0.39, 0.29) is 18.3 Å². The zero-order valence-corrected chi connectivity index (χ0v) is 17.2. The Kier molecular flexibility index (Phi) is 6.31. The van der Waals surface area contributed by atoms with Crippen LogP contribution in [0.15, 0.2) is 40.8 Å². The summed E-state index contributed by atoms with van der Waals surface area (Å²) in [4.78, 5) is 26.0. The first kappa shape index (κ1) is 21.3. The van der Waals surface area contributed by atoms with Gasteiger partial charge in [0.2, 0.25) is 5.91 Å². The molecule has 0 aliphatic rings. The fourth-order valence-corrected chi connectivity index (χ4v) is 3.05. The summed E-state index contributed by atoms with van der Waals surface area (Å²) in [5.74, 6) is 0.436. The third kappa shape index (κ3) is 4.93. The van der Waals surface area contributed by atoms with Crippen LogP contribution in [-0.4, -0.2) is 47.3 Å². The zero-order chi connectivity index (χ0) is 21.8. The molecule has 1 aromatic carbocycles. The summed E-state index contributed by atoms with van der Waals surface area (Å²) in [6.45, 7) is 3.91. The van der Waals surface area contributed by atoms with Crippen LogP contribution in [0.5, 0.6) is 0 Å². The molecule has 0 spiro atoms. The highest BCUT2D eigenvalue weighted by Crippen LogP contribution is 2.19. The zero-order valence-electron chi connectivity index (χ0n) is 17.2. The number of carbonyl (C=O) groups is 2. The number of aryl methyl sites for hydroxylation is 2. The van der Waals surface area contributed by atoms with E-state index in [9.17, 15) is 14.0 Å². The first-order chi connectivity index (χ1) is 14.3. The van der Waals surface area contributed by atoms with E-state index in [4.69, 9.17) is 9.15 Å². The quantitative estimate of drug-likeness (QED) is 0.598. The third-order valence-corrected chi connectivity index (χ3v) is 4.38. The Hall–Kier alpha value is -3.46. The lowest BCUT2D eigenvalue weighted by atomic mass is 10.2. The average Bonchev–Trinajstić information content (AvgIpc) is 3.23. The number of aromatic nitrogens is 2. The molecule has 0 bridgehead atoms. The molecule has 0 aliphatic carbocycles. The Morgan fingerprint density at radius 2 is 1.93 bits per heavy atom. The number of ether oxygens (including phenoxy) is 1. The monoisotopic (exact) mass is 414 g/mol. The van der Waals surface area contributed by atoms with Crippen LogP contribution < -0.4 is 5.32 Å². The van der Waals surface area contributed by atoms with Crippen LogP contribution in [0.25, 0.3) is 5.69 Å². The van der Waals surface area contributed by atoms with Gasteiger partial charge < -0.3 is 14.5 Å². The molecule has 9 heteroatoms. The highest BCUT2D eigenvalue weighted by molar-refractivity contribution is 5.92. The number of furan rings is 1. The standard InChI is InChI=1S/C21H23FN4O4/c1-13-9-19(26(24-13)16-7-5-15(22)6-8-16)23-20(27)12-25(3)11-17-10-18(14(2)30-17)21(28)29-4/h5-10H,11-12H2,1-4H3,(H,23,27). The number of esters is 1. The predicted molar refractivity (Wildman–Crippen MR) is 108 cm³/mol. The van der Waals surface area contributed by atoms with Crippen molar-refractivity contribution in [2.75, 3.05) is 26.0 Å². The summed E-state index contributed by atoms with van der Waals surface area (Å²) < 4.78 is 25.0. The molecule has 1 amide bonds. The topological polar surface area (TPSA) is 89.6 Å². The number of benzene rings is 1. The molecule has 0 saturated carbocycles. The number of methoxy groups -OCH3 is 1. The molecule has 8 nitrogen and oxygen atoms in total. The molecule has 0 saturated heterocycles. The first-order valence-electron chi connectivity index (χ1n) is 9.25. The van der Waals surface area contributed by atoms with Crippen LogP contribution >= 0.6 is 0 Å². The predicted octanol–water partition coefficient (Wildman–Crippen LogP) is 3.08. The summed E-state index contributed by atoms with van der Waals surface area (Å²) in [6, 6.07) is 9.19. The van der Waals surface area contributed by atoms with Gasteiger partial charge in [-0.05, 0) is 51.2 Å². The molecule has 0 fully saturated rings. The van der Waals surface area contributed by atoms with Crippen molar-refractivity contribution < 1.29 is 23.1 Å². The van der Waals surface area contributed by atoms with Gasteiger partial charge in [-0.25, -0.2) is 13.9 Å². The van der Waals surface area contributed by atoms with Gasteiger partial charge in [0.15, 0.2) is 0 Å². The van der Waals surface area contributed by atoms with Crippen molar-refractivity contribution in [3.05, 3.63) is 65.0 Å². The van der Waals surface area contributed by atoms with Crippen LogP contribution in [0.3, 0.4) is 0 Å². The Morgan fingerprint density at radius 1 is 1.23 bits per heavy atom. The second kappa shape index (κ2) is 8.91. The van der Waals surface area contributed by atoms with Crippen LogP contribution in [0.1, 0.15) is 27.6 Å². The van der Waals surface area contributed by atoms with E-state index in [0.29, 0.717) is 40.8 Å². The lowest BCUT2D eigenvalue weighted by Crippen LogP contribution is -2.30. The van der Waals surface area contributed by atoms with Gasteiger partial charge >= 0.3 is 5.97 Å². The largest absolute Gasteiger partial charge is 0.465 e. The van der Waals surface area contributed by atoms with Crippen molar-refractivity contribution in [1.29, 1.82) is 0 Å². The summed E-state index contributed by atoms with van der Waals surface area (Å²) in [7, 11) is 3.07. The number of rotatable bonds is 7. The Balaban J connectivity index is 1.65. The number of hydrogen-bond donors (Lipinski definition) is 1.